The van der Waals surface area contributed by atoms with Crippen molar-refractivity contribution in [1.29, 1.82) is 0 Å². The molecule has 0 radical (unpaired) electrons. The minimum atomic E-state index is -0.262. The zero-order valence-electron chi connectivity index (χ0n) is 13.5. The fraction of sp³-hybridized carbons (Fsp3) is 0.667. The second-order valence-electron chi connectivity index (χ2n) is 6.05. The Bertz CT molecular complexity index is 449. The molecule has 1 aromatic carbocycles. The maximum absolute atomic E-state index is 14.0. The number of nitrogens with one attached hydrogen (secondary N) is 1. The van der Waals surface area contributed by atoms with Crippen molar-refractivity contribution in [2.24, 2.45) is 11.8 Å². The van der Waals surface area contributed by atoms with Crippen molar-refractivity contribution in [2.45, 2.75) is 52.0 Å². The summed E-state index contributed by atoms with van der Waals surface area (Å²) < 4.78 is 19.1. The van der Waals surface area contributed by atoms with E-state index < -0.39 is 0 Å². The highest BCUT2D eigenvalue weighted by Gasteiger charge is 2.31. The van der Waals surface area contributed by atoms with Crippen LogP contribution in [0.25, 0.3) is 0 Å². The van der Waals surface area contributed by atoms with Gasteiger partial charge in [-0.05, 0) is 42.5 Å². The van der Waals surface area contributed by atoms with E-state index in [2.05, 4.69) is 19.2 Å². The molecule has 0 amide bonds. The number of methoxy groups -OCH3 is 1. The van der Waals surface area contributed by atoms with E-state index in [0.717, 1.165) is 18.0 Å². The maximum Gasteiger partial charge on any atom is 0.165 e. The first-order valence-corrected chi connectivity index (χ1v) is 8.28. The predicted molar refractivity (Wildman–Crippen MR) is 85.1 cm³/mol. The fourth-order valence-corrected chi connectivity index (χ4v) is 3.79. The maximum atomic E-state index is 14.0. The molecule has 1 aromatic rings. The van der Waals surface area contributed by atoms with Crippen molar-refractivity contribution in [2.75, 3.05) is 13.7 Å². The van der Waals surface area contributed by atoms with Crippen LogP contribution >= 0.6 is 0 Å². The van der Waals surface area contributed by atoms with Gasteiger partial charge in [-0.2, -0.15) is 0 Å². The van der Waals surface area contributed by atoms with Gasteiger partial charge >= 0.3 is 0 Å². The van der Waals surface area contributed by atoms with Crippen LogP contribution in [-0.4, -0.2) is 13.7 Å². The second kappa shape index (κ2) is 7.79. The molecule has 0 aromatic heterocycles. The molecule has 3 atom stereocenters. The summed E-state index contributed by atoms with van der Waals surface area (Å²) in [5, 5.41) is 3.59. The van der Waals surface area contributed by atoms with E-state index in [1.807, 2.05) is 6.07 Å². The Hall–Kier alpha value is -1.09. The summed E-state index contributed by atoms with van der Waals surface area (Å²) in [6.45, 7) is 5.31. The van der Waals surface area contributed by atoms with Crippen molar-refractivity contribution in [3.05, 3.63) is 29.6 Å². The quantitative estimate of drug-likeness (QED) is 0.820. The Morgan fingerprint density at radius 3 is 2.67 bits per heavy atom. The number of halogens is 1. The van der Waals surface area contributed by atoms with Crippen LogP contribution in [0.1, 0.15) is 57.6 Å². The van der Waals surface area contributed by atoms with Gasteiger partial charge in [0, 0.05) is 6.04 Å². The molecule has 2 nitrogen and oxygen atoms in total. The lowest BCUT2D eigenvalue weighted by Gasteiger charge is -2.37. The third kappa shape index (κ3) is 3.76. The normalized spacial score (nSPS) is 23.8. The largest absolute Gasteiger partial charge is 0.494 e. The van der Waals surface area contributed by atoms with Crippen molar-refractivity contribution < 1.29 is 9.13 Å². The highest BCUT2D eigenvalue weighted by molar-refractivity contribution is 5.31. The van der Waals surface area contributed by atoms with E-state index in [4.69, 9.17) is 4.74 Å². The van der Waals surface area contributed by atoms with Gasteiger partial charge in [0.1, 0.15) is 0 Å². The van der Waals surface area contributed by atoms with Gasteiger partial charge in [-0.3, -0.25) is 0 Å². The van der Waals surface area contributed by atoms with Crippen molar-refractivity contribution >= 4 is 0 Å². The molecule has 1 aliphatic carbocycles. The zero-order valence-corrected chi connectivity index (χ0v) is 13.5. The summed E-state index contributed by atoms with van der Waals surface area (Å²) in [4.78, 5) is 0. The van der Waals surface area contributed by atoms with Gasteiger partial charge in [-0.25, -0.2) is 4.39 Å². The number of benzene rings is 1. The minimum Gasteiger partial charge on any atom is -0.494 e. The molecule has 0 aliphatic heterocycles. The third-order valence-electron chi connectivity index (χ3n) is 4.88. The summed E-state index contributed by atoms with van der Waals surface area (Å²) >= 11 is 0. The molecule has 1 aliphatic rings. The van der Waals surface area contributed by atoms with E-state index >= 15 is 0 Å². The molecule has 3 heteroatoms. The van der Waals surface area contributed by atoms with E-state index in [1.165, 1.54) is 39.2 Å². The van der Waals surface area contributed by atoms with Crippen LogP contribution in [0.3, 0.4) is 0 Å². The number of ether oxygens (including phenoxy) is 1. The SMILES string of the molecule is CCNC(c1ccc(OC)c(F)c1)C1CCCCC1CC. The predicted octanol–water partition coefficient (Wildman–Crippen LogP) is 4.70. The Kier molecular flexibility index (Phi) is 6.04. The molecular formula is C18H28FNO. The highest BCUT2D eigenvalue weighted by Crippen LogP contribution is 2.40. The van der Waals surface area contributed by atoms with Crippen LogP contribution in [0.2, 0.25) is 0 Å². The molecule has 2 rings (SSSR count). The van der Waals surface area contributed by atoms with Gasteiger partial charge in [0.15, 0.2) is 11.6 Å². The highest BCUT2D eigenvalue weighted by atomic mass is 19.1. The Balaban J connectivity index is 2.26. The first-order chi connectivity index (χ1) is 10.2. The first-order valence-electron chi connectivity index (χ1n) is 8.28. The van der Waals surface area contributed by atoms with Crippen molar-refractivity contribution in [3.8, 4) is 5.75 Å². The number of hydrogen-bond acceptors (Lipinski definition) is 2. The van der Waals surface area contributed by atoms with Gasteiger partial charge in [0.05, 0.1) is 7.11 Å². The molecular weight excluding hydrogens is 265 g/mol. The Morgan fingerprint density at radius 1 is 1.29 bits per heavy atom. The lowest BCUT2D eigenvalue weighted by Crippen LogP contribution is -2.34. The molecule has 1 saturated carbocycles. The van der Waals surface area contributed by atoms with Gasteiger partial charge in [-0.1, -0.05) is 45.6 Å². The summed E-state index contributed by atoms with van der Waals surface area (Å²) in [5.74, 6) is 1.41. The fourth-order valence-electron chi connectivity index (χ4n) is 3.79. The van der Waals surface area contributed by atoms with Gasteiger partial charge in [-0.15, -0.1) is 0 Å². The molecule has 0 heterocycles. The average Bonchev–Trinajstić information content (AvgIpc) is 2.52. The molecule has 118 valence electrons. The van der Waals surface area contributed by atoms with Crippen LogP contribution in [0.15, 0.2) is 18.2 Å². The summed E-state index contributed by atoms with van der Waals surface area (Å²) in [6, 6.07) is 5.66. The van der Waals surface area contributed by atoms with Crippen LogP contribution in [-0.2, 0) is 0 Å². The smallest absolute Gasteiger partial charge is 0.165 e. The van der Waals surface area contributed by atoms with Crippen molar-refractivity contribution in [1.82, 2.24) is 5.32 Å². The van der Waals surface area contributed by atoms with Gasteiger partial charge in [0.2, 0.25) is 0 Å². The molecule has 0 saturated heterocycles. The summed E-state index contributed by atoms with van der Waals surface area (Å²) in [7, 11) is 1.51. The van der Waals surface area contributed by atoms with Gasteiger partial charge < -0.3 is 10.1 Å². The third-order valence-corrected chi connectivity index (χ3v) is 4.88. The molecule has 1 fully saturated rings. The minimum absolute atomic E-state index is 0.251. The second-order valence-corrected chi connectivity index (χ2v) is 6.05. The van der Waals surface area contributed by atoms with Crippen LogP contribution in [0.5, 0.6) is 5.75 Å². The first kappa shape index (κ1) is 16.3. The van der Waals surface area contributed by atoms with E-state index in [0.29, 0.717) is 11.7 Å². The number of hydrogen-bond donors (Lipinski definition) is 1. The monoisotopic (exact) mass is 293 g/mol. The molecule has 0 spiro atoms. The Morgan fingerprint density at radius 2 is 2.05 bits per heavy atom. The standard InChI is InChI=1S/C18H28FNO/c1-4-13-8-6-7-9-15(13)18(20-5-2)14-10-11-17(21-3)16(19)12-14/h10-13,15,18,20H,4-9H2,1-3H3. The molecule has 21 heavy (non-hydrogen) atoms. The molecule has 3 unspecified atom stereocenters. The average molecular weight is 293 g/mol. The van der Waals surface area contributed by atoms with Crippen LogP contribution < -0.4 is 10.1 Å². The molecule has 0 bridgehead atoms. The van der Waals surface area contributed by atoms with Gasteiger partial charge in [0.25, 0.3) is 0 Å². The summed E-state index contributed by atoms with van der Waals surface area (Å²) in [5.41, 5.74) is 1.06. The van der Waals surface area contributed by atoms with E-state index in [9.17, 15) is 4.39 Å². The lowest BCUT2D eigenvalue weighted by molar-refractivity contribution is 0.176. The van der Waals surface area contributed by atoms with E-state index in [-0.39, 0.29) is 11.9 Å². The van der Waals surface area contributed by atoms with E-state index in [1.54, 1.807) is 12.1 Å². The zero-order chi connectivity index (χ0) is 15.2. The summed E-state index contributed by atoms with van der Waals surface area (Å²) in [6.07, 6.45) is 6.39. The van der Waals surface area contributed by atoms with Crippen LogP contribution in [0, 0.1) is 17.7 Å². The molecule has 1 N–H and O–H groups in total. The number of rotatable bonds is 6. The lowest BCUT2D eigenvalue weighted by atomic mass is 9.72. The Labute approximate surface area is 128 Å². The van der Waals surface area contributed by atoms with Crippen LogP contribution in [0.4, 0.5) is 4.39 Å². The van der Waals surface area contributed by atoms with Crippen molar-refractivity contribution in [3.63, 3.8) is 0 Å². The topological polar surface area (TPSA) is 21.3 Å².